The van der Waals surface area contributed by atoms with E-state index in [0.29, 0.717) is 11.1 Å². The highest BCUT2D eigenvalue weighted by Crippen LogP contribution is 2.28. The maximum atomic E-state index is 5.98. The first-order valence-corrected chi connectivity index (χ1v) is 6.68. The van der Waals surface area contributed by atoms with Crippen molar-refractivity contribution in [3.05, 3.63) is 29.8 Å². The molecule has 0 aliphatic carbocycles. The molecule has 2 aromatic heterocycles. The van der Waals surface area contributed by atoms with Crippen LogP contribution in [0.2, 0.25) is 0 Å². The Kier molecular flexibility index (Phi) is 4.33. The lowest BCUT2D eigenvalue weighted by molar-refractivity contribution is 0.429. The molecule has 96 valence electrons. The summed E-state index contributed by atoms with van der Waals surface area (Å²) in [7, 11) is 0. The number of aryl methyl sites for hydroxylation is 1. The molecule has 0 aromatic carbocycles. The predicted molar refractivity (Wildman–Crippen MR) is 69.4 cm³/mol. The molecule has 0 aliphatic heterocycles. The Hall–Kier alpha value is -1.40. The summed E-state index contributed by atoms with van der Waals surface area (Å²) in [4.78, 5) is 4.35. The molecule has 0 amide bonds. The van der Waals surface area contributed by atoms with Gasteiger partial charge in [0.05, 0.1) is 0 Å². The molecule has 2 aromatic rings. The molecule has 6 heteroatoms. The van der Waals surface area contributed by atoms with Crippen LogP contribution in [0.1, 0.15) is 24.8 Å². The van der Waals surface area contributed by atoms with Gasteiger partial charge in [0, 0.05) is 19.2 Å². The number of hydrogen-bond acceptors (Lipinski definition) is 6. The summed E-state index contributed by atoms with van der Waals surface area (Å²) in [6, 6.07) is 4.10. The zero-order valence-electron chi connectivity index (χ0n) is 10.5. The molecule has 5 nitrogen and oxygen atoms in total. The highest BCUT2D eigenvalue weighted by Gasteiger charge is 2.12. The normalized spacial score (nSPS) is 12.6. The van der Waals surface area contributed by atoms with Crippen LogP contribution in [0.15, 0.2) is 33.0 Å². The fourth-order valence-electron chi connectivity index (χ4n) is 1.50. The van der Waals surface area contributed by atoms with E-state index in [2.05, 4.69) is 22.1 Å². The van der Waals surface area contributed by atoms with Gasteiger partial charge in [0.25, 0.3) is 5.22 Å². The summed E-state index contributed by atoms with van der Waals surface area (Å²) >= 11 is 1.38. The number of pyridine rings is 1. The average Bonchev–Trinajstić information content (AvgIpc) is 2.77. The molecule has 0 spiro atoms. The number of aromatic nitrogens is 3. The van der Waals surface area contributed by atoms with Gasteiger partial charge in [-0.3, -0.25) is 0 Å². The van der Waals surface area contributed by atoms with Crippen LogP contribution in [0.3, 0.4) is 0 Å². The minimum Gasteiger partial charge on any atom is -0.416 e. The van der Waals surface area contributed by atoms with Gasteiger partial charge in [0.1, 0.15) is 5.03 Å². The van der Waals surface area contributed by atoms with Crippen LogP contribution in [-0.4, -0.2) is 21.2 Å². The Morgan fingerprint density at radius 3 is 2.94 bits per heavy atom. The SMILES string of the molecule is CCC(N)Cc1cccnc1Sc1nnc(C)o1. The van der Waals surface area contributed by atoms with Crippen molar-refractivity contribution in [1.29, 1.82) is 0 Å². The van der Waals surface area contributed by atoms with Gasteiger partial charge in [0.2, 0.25) is 5.89 Å². The Balaban J connectivity index is 2.16. The Morgan fingerprint density at radius 2 is 2.28 bits per heavy atom. The second-order valence-corrected chi connectivity index (χ2v) is 4.97. The summed E-state index contributed by atoms with van der Waals surface area (Å²) in [5.41, 5.74) is 7.10. The van der Waals surface area contributed by atoms with Gasteiger partial charge in [-0.05, 0) is 36.2 Å². The van der Waals surface area contributed by atoms with Crippen LogP contribution in [0.25, 0.3) is 0 Å². The third-order valence-corrected chi connectivity index (χ3v) is 3.45. The number of rotatable bonds is 5. The lowest BCUT2D eigenvalue weighted by Crippen LogP contribution is -2.21. The van der Waals surface area contributed by atoms with Gasteiger partial charge in [-0.15, -0.1) is 10.2 Å². The summed E-state index contributed by atoms with van der Waals surface area (Å²) in [5.74, 6) is 0.556. The van der Waals surface area contributed by atoms with E-state index in [1.165, 1.54) is 11.8 Å². The minimum atomic E-state index is 0.151. The summed E-state index contributed by atoms with van der Waals surface area (Å²) in [5, 5.41) is 9.15. The van der Waals surface area contributed by atoms with Crippen LogP contribution in [0.5, 0.6) is 0 Å². The average molecular weight is 264 g/mol. The first-order valence-electron chi connectivity index (χ1n) is 5.86. The van der Waals surface area contributed by atoms with Gasteiger partial charge in [-0.2, -0.15) is 0 Å². The molecule has 18 heavy (non-hydrogen) atoms. The van der Waals surface area contributed by atoms with E-state index in [0.717, 1.165) is 23.4 Å². The highest BCUT2D eigenvalue weighted by molar-refractivity contribution is 7.99. The highest BCUT2D eigenvalue weighted by atomic mass is 32.2. The van der Waals surface area contributed by atoms with Gasteiger partial charge in [0.15, 0.2) is 0 Å². The molecule has 0 bridgehead atoms. The summed E-state index contributed by atoms with van der Waals surface area (Å²) < 4.78 is 5.34. The van der Waals surface area contributed by atoms with E-state index in [1.807, 2.05) is 12.1 Å². The third-order valence-electron chi connectivity index (χ3n) is 2.55. The van der Waals surface area contributed by atoms with E-state index < -0.39 is 0 Å². The lowest BCUT2D eigenvalue weighted by atomic mass is 10.1. The molecule has 2 N–H and O–H groups in total. The Labute approximate surface area is 110 Å². The zero-order valence-corrected chi connectivity index (χ0v) is 11.3. The molecular weight excluding hydrogens is 248 g/mol. The predicted octanol–water partition coefficient (Wildman–Crippen LogP) is 2.20. The monoisotopic (exact) mass is 264 g/mol. The molecule has 0 radical (unpaired) electrons. The Bertz CT molecular complexity index is 514. The zero-order chi connectivity index (χ0) is 13.0. The van der Waals surface area contributed by atoms with E-state index in [4.69, 9.17) is 10.2 Å². The molecule has 0 aliphatic rings. The van der Waals surface area contributed by atoms with Gasteiger partial charge in [-0.1, -0.05) is 13.0 Å². The summed E-state index contributed by atoms with van der Waals surface area (Å²) in [6.07, 6.45) is 3.50. The van der Waals surface area contributed by atoms with Crippen LogP contribution >= 0.6 is 11.8 Å². The number of hydrogen-bond donors (Lipinski definition) is 1. The Morgan fingerprint density at radius 1 is 1.44 bits per heavy atom. The van der Waals surface area contributed by atoms with E-state index in [1.54, 1.807) is 13.1 Å². The molecule has 2 rings (SSSR count). The van der Waals surface area contributed by atoms with Crippen molar-refractivity contribution in [2.75, 3.05) is 0 Å². The summed E-state index contributed by atoms with van der Waals surface area (Å²) in [6.45, 7) is 3.85. The maximum Gasteiger partial charge on any atom is 0.282 e. The molecule has 1 unspecified atom stereocenters. The van der Waals surface area contributed by atoms with Crippen molar-refractivity contribution in [3.63, 3.8) is 0 Å². The topological polar surface area (TPSA) is 77.8 Å². The van der Waals surface area contributed by atoms with Crippen molar-refractivity contribution in [2.24, 2.45) is 5.73 Å². The van der Waals surface area contributed by atoms with Crippen molar-refractivity contribution in [3.8, 4) is 0 Å². The first kappa shape index (κ1) is 13.0. The number of nitrogens with zero attached hydrogens (tertiary/aromatic N) is 3. The van der Waals surface area contributed by atoms with Gasteiger partial charge >= 0.3 is 0 Å². The lowest BCUT2D eigenvalue weighted by Gasteiger charge is -2.10. The quantitative estimate of drug-likeness (QED) is 0.892. The third kappa shape index (κ3) is 3.30. The smallest absolute Gasteiger partial charge is 0.282 e. The molecule has 1 atom stereocenters. The largest absolute Gasteiger partial charge is 0.416 e. The van der Waals surface area contributed by atoms with Crippen LogP contribution in [-0.2, 0) is 6.42 Å². The minimum absolute atomic E-state index is 0.151. The standard InChI is InChI=1S/C12H16N4OS/c1-3-10(13)7-9-5-4-6-14-11(9)18-12-16-15-8(2)17-12/h4-6,10H,3,7,13H2,1-2H3. The molecular formula is C12H16N4OS. The van der Waals surface area contributed by atoms with Crippen molar-refractivity contribution in [2.45, 2.75) is 43.0 Å². The van der Waals surface area contributed by atoms with Gasteiger partial charge in [-0.25, -0.2) is 4.98 Å². The van der Waals surface area contributed by atoms with E-state index in [9.17, 15) is 0 Å². The van der Waals surface area contributed by atoms with E-state index >= 15 is 0 Å². The second-order valence-electron chi connectivity index (χ2n) is 4.03. The molecule has 0 saturated heterocycles. The molecule has 0 fully saturated rings. The van der Waals surface area contributed by atoms with E-state index in [-0.39, 0.29) is 6.04 Å². The number of nitrogens with two attached hydrogens (primary N) is 1. The fourth-order valence-corrected chi connectivity index (χ4v) is 2.31. The van der Waals surface area contributed by atoms with Gasteiger partial charge < -0.3 is 10.2 Å². The van der Waals surface area contributed by atoms with Crippen LogP contribution in [0, 0.1) is 6.92 Å². The molecule has 2 heterocycles. The van der Waals surface area contributed by atoms with Crippen LogP contribution < -0.4 is 5.73 Å². The van der Waals surface area contributed by atoms with Crippen molar-refractivity contribution >= 4 is 11.8 Å². The second kappa shape index (κ2) is 5.97. The van der Waals surface area contributed by atoms with Crippen LogP contribution in [0.4, 0.5) is 0 Å². The van der Waals surface area contributed by atoms with Crippen molar-refractivity contribution in [1.82, 2.24) is 15.2 Å². The fraction of sp³-hybridized carbons (Fsp3) is 0.417. The molecule has 0 saturated carbocycles. The maximum absolute atomic E-state index is 5.98. The first-order chi connectivity index (χ1) is 8.69. The van der Waals surface area contributed by atoms with Crippen molar-refractivity contribution < 1.29 is 4.42 Å².